The quantitative estimate of drug-likeness (QED) is 0.843. The number of nitrogen functional groups attached to an aromatic ring is 1. The number of nitrogens with zero attached hydrogens (tertiary/aromatic N) is 1. The first-order valence-corrected chi connectivity index (χ1v) is 8.83. The maximum absolute atomic E-state index is 12.6. The van der Waals surface area contributed by atoms with E-state index in [0.29, 0.717) is 17.8 Å². The van der Waals surface area contributed by atoms with Crippen molar-refractivity contribution >= 4 is 11.6 Å². The van der Waals surface area contributed by atoms with E-state index in [-0.39, 0.29) is 11.4 Å². The lowest BCUT2D eigenvalue weighted by Gasteiger charge is -2.41. The molecule has 0 saturated carbocycles. The molecule has 0 aromatic heterocycles. The number of hydrogen-bond donors (Lipinski definition) is 2. The summed E-state index contributed by atoms with van der Waals surface area (Å²) in [4.78, 5) is 15.0. The number of fused-ring (bicyclic) bond motifs is 1. The van der Waals surface area contributed by atoms with E-state index in [0.717, 1.165) is 25.1 Å². The summed E-state index contributed by atoms with van der Waals surface area (Å²) in [6, 6.07) is 14.1. The highest BCUT2D eigenvalue weighted by molar-refractivity contribution is 5.96. The zero-order valence-corrected chi connectivity index (χ0v) is 15.3. The largest absolute Gasteiger partial charge is 0.399 e. The second-order valence-electron chi connectivity index (χ2n) is 7.51. The lowest BCUT2D eigenvalue weighted by Crippen LogP contribution is -2.53. The average Bonchev–Trinajstić information content (AvgIpc) is 2.61. The van der Waals surface area contributed by atoms with E-state index in [4.69, 9.17) is 5.73 Å². The van der Waals surface area contributed by atoms with Gasteiger partial charge in [0.2, 0.25) is 0 Å². The number of hydrogen-bond acceptors (Lipinski definition) is 3. The molecule has 1 amide bonds. The molecule has 0 unspecified atom stereocenters. The van der Waals surface area contributed by atoms with Gasteiger partial charge in [-0.1, -0.05) is 30.3 Å². The number of anilines is 1. The predicted octanol–water partition coefficient (Wildman–Crippen LogP) is 3.14. The highest BCUT2D eigenvalue weighted by Gasteiger charge is 2.30. The van der Waals surface area contributed by atoms with E-state index in [2.05, 4.69) is 48.3 Å². The summed E-state index contributed by atoms with van der Waals surface area (Å²) in [6.07, 6.45) is 1.06. The SMILES string of the molecule is Cc1ccc(N)cc1C(=O)NCC(C)(C)N1CCc2ccccc2C1. The second kappa shape index (κ2) is 6.89. The highest BCUT2D eigenvalue weighted by atomic mass is 16.1. The molecule has 1 aliphatic rings. The lowest BCUT2D eigenvalue weighted by atomic mass is 9.94. The second-order valence-corrected chi connectivity index (χ2v) is 7.51. The third-order valence-corrected chi connectivity index (χ3v) is 5.17. The van der Waals surface area contributed by atoms with Crippen LogP contribution in [0, 0.1) is 6.92 Å². The van der Waals surface area contributed by atoms with Gasteiger partial charge in [0, 0.05) is 36.4 Å². The van der Waals surface area contributed by atoms with E-state index < -0.39 is 0 Å². The van der Waals surface area contributed by atoms with Crippen LogP contribution in [-0.4, -0.2) is 29.4 Å². The van der Waals surface area contributed by atoms with Crippen molar-refractivity contribution < 1.29 is 4.79 Å². The van der Waals surface area contributed by atoms with Crippen molar-refractivity contribution in [3.63, 3.8) is 0 Å². The zero-order chi connectivity index (χ0) is 18.0. The molecule has 25 heavy (non-hydrogen) atoms. The summed E-state index contributed by atoms with van der Waals surface area (Å²) in [5, 5.41) is 3.09. The van der Waals surface area contributed by atoms with Crippen LogP contribution in [0.5, 0.6) is 0 Å². The molecule has 2 aromatic carbocycles. The molecule has 0 radical (unpaired) electrons. The minimum absolute atomic E-state index is 0.0599. The number of carbonyl (C=O) groups is 1. The number of aryl methyl sites for hydroxylation is 1. The highest BCUT2D eigenvalue weighted by Crippen LogP contribution is 2.25. The molecule has 0 saturated heterocycles. The van der Waals surface area contributed by atoms with Gasteiger partial charge < -0.3 is 11.1 Å². The number of nitrogens with one attached hydrogen (secondary N) is 1. The van der Waals surface area contributed by atoms with Crippen molar-refractivity contribution in [1.29, 1.82) is 0 Å². The number of amides is 1. The van der Waals surface area contributed by atoms with E-state index in [1.165, 1.54) is 11.1 Å². The third kappa shape index (κ3) is 3.85. The number of nitrogens with two attached hydrogens (primary N) is 1. The summed E-state index contributed by atoms with van der Waals surface area (Å²) in [5.41, 5.74) is 10.7. The fraction of sp³-hybridized carbons (Fsp3) is 0.381. The standard InChI is InChI=1S/C21H27N3O/c1-15-8-9-18(22)12-19(15)20(25)23-14-21(2,3)24-11-10-16-6-4-5-7-17(16)13-24/h4-9,12H,10-11,13-14,22H2,1-3H3,(H,23,25). The van der Waals surface area contributed by atoms with Crippen molar-refractivity contribution in [2.75, 3.05) is 18.8 Å². The van der Waals surface area contributed by atoms with Gasteiger partial charge in [-0.25, -0.2) is 0 Å². The topological polar surface area (TPSA) is 58.4 Å². The molecule has 2 aromatic rings. The summed E-state index contributed by atoms with van der Waals surface area (Å²) < 4.78 is 0. The van der Waals surface area contributed by atoms with Gasteiger partial charge in [-0.2, -0.15) is 0 Å². The van der Waals surface area contributed by atoms with Crippen LogP contribution in [0.3, 0.4) is 0 Å². The summed E-state index contributed by atoms with van der Waals surface area (Å²) in [5.74, 6) is -0.0599. The van der Waals surface area contributed by atoms with Crippen LogP contribution >= 0.6 is 0 Å². The minimum Gasteiger partial charge on any atom is -0.399 e. The van der Waals surface area contributed by atoms with E-state index in [9.17, 15) is 4.79 Å². The predicted molar refractivity (Wildman–Crippen MR) is 103 cm³/mol. The average molecular weight is 337 g/mol. The Bertz CT molecular complexity index is 782. The molecular weight excluding hydrogens is 310 g/mol. The Morgan fingerprint density at radius 3 is 2.68 bits per heavy atom. The molecule has 132 valence electrons. The normalized spacial score (nSPS) is 14.8. The van der Waals surface area contributed by atoms with Crippen molar-refractivity contribution in [3.05, 3.63) is 64.7 Å². The first kappa shape index (κ1) is 17.5. The van der Waals surface area contributed by atoms with Crippen LogP contribution in [0.4, 0.5) is 5.69 Å². The molecule has 0 fully saturated rings. The maximum Gasteiger partial charge on any atom is 0.251 e. The van der Waals surface area contributed by atoms with Gasteiger partial charge in [0.15, 0.2) is 0 Å². The van der Waals surface area contributed by atoms with Crippen LogP contribution in [0.2, 0.25) is 0 Å². The first-order valence-electron chi connectivity index (χ1n) is 8.83. The van der Waals surface area contributed by atoms with Gasteiger partial charge in [0.25, 0.3) is 5.91 Å². The molecule has 0 atom stereocenters. The van der Waals surface area contributed by atoms with Gasteiger partial charge in [-0.3, -0.25) is 9.69 Å². The Kier molecular flexibility index (Phi) is 4.82. The fourth-order valence-corrected chi connectivity index (χ4v) is 3.40. The first-order chi connectivity index (χ1) is 11.9. The summed E-state index contributed by atoms with van der Waals surface area (Å²) in [7, 11) is 0. The number of benzene rings is 2. The van der Waals surface area contributed by atoms with Crippen LogP contribution in [0.1, 0.15) is 40.9 Å². The zero-order valence-electron chi connectivity index (χ0n) is 15.3. The monoisotopic (exact) mass is 337 g/mol. The van der Waals surface area contributed by atoms with Crippen LogP contribution in [0.15, 0.2) is 42.5 Å². The summed E-state index contributed by atoms with van der Waals surface area (Å²) in [6.45, 7) is 8.84. The van der Waals surface area contributed by atoms with Gasteiger partial charge >= 0.3 is 0 Å². The molecule has 0 spiro atoms. The number of rotatable bonds is 4. The van der Waals surface area contributed by atoms with Crippen molar-refractivity contribution in [2.24, 2.45) is 0 Å². The third-order valence-electron chi connectivity index (χ3n) is 5.17. The molecule has 1 aliphatic heterocycles. The molecule has 1 heterocycles. The molecule has 4 nitrogen and oxygen atoms in total. The fourth-order valence-electron chi connectivity index (χ4n) is 3.40. The molecule has 3 N–H and O–H groups in total. The lowest BCUT2D eigenvalue weighted by molar-refractivity contribution is 0.0825. The minimum atomic E-state index is -0.114. The Balaban J connectivity index is 1.66. The van der Waals surface area contributed by atoms with E-state index in [1.54, 1.807) is 6.07 Å². The summed E-state index contributed by atoms with van der Waals surface area (Å²) >= 11 is 0. The van der Waals surface area contributed by atoms with Crippen LogP contribution in [-0.2, 0) is 13.0 Å². The Labute approximate surface area is 150 Å². The van der Waals surface area contributed by atoms with Crippen molar-refractivity contribution in [1.82, 2.24) is 10.2 Å². The Hall–Kier alpha value is -2.33. The maximum atomic E-state index is 12.6. The van der Waals surface area contributed by atoms with Crippen molar-refractivity contribution in [2.45, 2.75) is 39.3 Å². The molecule has 0 aliphatic carbocycles. The Morgan fingerprint density at radius 1 is 1.20 bits per heavy atom. The molecule has 0 bridgehead atoms. The van der Waals surface area contributed by atoms with E-state index >= 15 is 0 Å². The van der Waals surface area contributed by atoms with Gasteiger partial charge in [0.05, 0.1) is 0 Å². The van der Waals surface area contributed by atoms with Crippen molar-refractivity contribution in [3.8, 4) is 0 Å². The van der Waals surface area contributed by atoms with Gasteiger partial charge in [-0.05, 0) is 56.0 Å². The molecular formula is C21H27N3O. The van der Waals surface area contributed by atoms with Gasteiger partial charge in [-0.15, -0.1) is 0 Å². The number of carbonyl (C=O) groups excluding carboxylic acids is 1. The molecule has 4 heteroatoms. The van der Waals surface area contributed by atoms with Crippen LogP contribution in [0.25, 0.3) is 0 Å². The molecule has 3 rings (SSSR count). The Morgan fingerprint density at radius 2 is 1.92 bits per heavy atom. The van der Waals surface area contributed by atoms with Gasteiger partial charge in [0.1, 0.15) is 0 Å². The van der Waals surface area contributed by atoms with E-state index in [1.807, 2.05) is 19.1 Å². The smallest absolute Gasteiger partial charge is 0.251 e. The van der Waals surface area contributed by atoms with Crippen LogP contribution < -0.4 is 11.1 Å².